The number of aliphatic imine (C=N–C) groups is 1. The van der Waals surface area contributed by atoms with Gasteiger partial charge in [0.05, 0.1) is 18.8 Å². The van der Waals surface area contributed by atoms with Crippen LogP contribution in [0.25, 0.3) is 0 Å². The van der Waals surface area contributed by atoms with Gasteiger partial charge in [-0.05, 0) is 32.9 Å². The zero-order chi connectivity index (χ0) is 18.5. The van der Waals surface area contributed by atoms with E-state index in [-0.39, 0.29) is 43.1 Å². The van der Waals surface area contributed by atoms with E-state index in [1.54, 1.807) is 0 Å². The lowest BCUT2D eigenvalue weighted by molar-refractivity contribution is -0.0172. The van der Waals surface area contributed by atoms with Crippen molar-refractivity contribution in [1.29, 1.82) is 0 Å². The summed E-state index contributed by atoms with van der Waals surface area (Å²) in [5.74, 6) is 1.73. The summed E-state index contributed by atoms with van der Waals surface area (Å²) in [6.07, 6.45) is 0. The van der Waals surface area contributed by atoms with Crippen molar-refractivity contribution in [3.63, 3.8) is 0 Å². The molecular formula is C18H24FIN4O3. The SMILES string of the molecule is CCNC(=NCc1cc(F)cc2c1OCOC2)NCc1c(C)noc1C.I. The van der Waals surface area contributed by atoms with E-state index in [0.29, 0.717) is 42.5 Å². The van der Waals surface area contributed by atoms with Crippen LogP contribution in [-0.2, 0) is 24.4 Å². The standard InChI is InChI=1S/C18H23FN4O3.HI/c1-4-20-18(22-8-16-11(2)23-26-12(16)3)21-7-13-5-15(19)6-14-9-24-10-25-17(13)14;/h5-6H,4,7-10H2,1-3H3,(H2,20,21,22);1H. The number of ether oxygens (including phenoxy) is 2. The fourth-order valence-corrected chi connectivity index (χ4v) is 2.81. The van der Waals surface area contributed by atoms with Crippen LogP contribution >= 0.6 is 24.0 Å². The van der Waals surface area contributed by atoms with Gasteiger partial charge in [0.2, 0.25) is 0 Å². The van der Waals surface area contributed by atoms with E-state index < -0.39 is 0 Å². The lowest BCUT2D eigenvalue weighted by atomic mass is 10.1. The second kappa shape index (κ2) is 9.88. The Morgan fingerprint density at radius 3 is 2.81 bits per heavy atom. The predicted octanol–water partition coefficient (Wildman–Crippen LogP) is 3.17. The van der Waals surface area contributed by atoms with E-state index in [2.05, 4.69) is 20.8 Å². The van der Waals surface area contributed by atoms with Gasteiger partial charge < -0.3 is 24.6 Å². The molecule has 0 saturated heterocycles. The molecule has 0 amide bonds. The van der Waals surface area contributed by atoms with Gasteiger partial charge in [0.25, 0.3) is 0 Å². The average Bonchev–Trinajstić information content (AvgIpc) is 2.95. The molecule has 0 fully saturated rings. The highest BCUT2D eigenvalue weighted by atomic mass is 127. The Hall–Kier alpha value is -1.88. The normalized spacial score (nSPS) is 13.4. The zero-order valence-corrected chi connectivity index (χ0v) is 17.9. The molecule has 0 atom stereocenters. The number of aromatic nitrogens is 1. The molecule has 3 rings (SSSR count). The molecule has 148 valence electrons. The topological polar surface area (TPSA) is 80.9 Å². The Morgan fingerprint density at radius 2 is 2.11 bits per heavy atom. The van der Waals surface area contributed by atoms with Crippen LogP contribution in [0.15, 0.2) is 21.6 Å². The minimum Gasteiger partial charge on any atom is -0.467 e. The van der Waals surface area contributed by atoms with Crippen LogP contribution in [0.4, 0.5) is 4.39 Å². The molecule has 0 bridgehead atoms. The quantitative estimate of drug-likeness (QED) is 0.381. The average molecular weight is 490 g/mol. The second-order valence-electron chi connectivity index (χ2n) is 6.02. The molecule has 2 N–H and O–H groups in total. The van der Waals surface area contributed by atoms with Gasteiger partial charge in [-0.15, -0.1) is 24.0 Å². The predicted molar refractivity (Wildman–Crippen MR) is 110 cm³/mol. The number of hydrogen-bond donors (Lipinski definition) is 2. The number of rotatable bonds is 5. The molecule has 2 heterocycles. The van der Waals surface area contributed by atoms with Crippen LogP contribution < -0.4 is 15.4 Å². The van der Waals surface area contributed by atoms with Crippen LogP contribution in [0.1, 0.15) is 35.1 Å². The summed E-state index contributed by atoms with van der Waals surface area (Å²) in [4.78, 5) is 4.55. The first-order chi connectivity index (χ1) is 12.6. The van der Waals surface area contributed by atoms with Crippen molar-refractivity contribution in [2.24, 2.45) is 4.99 Å². The lowest BCUT2D eigenvalue weighted by Crippen LogP contribution is -2.37. The number of fused-ring (bicyclic) bond motifs is 1. The third-order valence-corrected chi connectivity index (χ3v) is 4.12. The Morgan fingerprint density at radius 1 is 1.30 bits per heavy atom. The van der Waals surface area contributed by atoms with Crippen LogP contribution in [0.5, 0.6) is 5.75 Å². The van der Waals surface area contributed by atoms with Crippen molar-refractivity contribution >= 4 is 29.9 Å². The van der Waals surface area contributed by atoms with Gasteiger partial charge >= 0.3 is 0 Å². The van der Waals surface area contributed by atoms with Gasteiger partial charge in [0, 0.05) is 29.8 Å². The highest BCUT2D eigenvalue weighted by Gasteiger charge is 2.17. The molecule has 0 unspecified atom stereocenters. The molecule has 27 heavy (non-hydrogen) atoms. The summed E-state index contributed by atoms with van der Waals surface area (Å²) in [7, 11) is 0. The van der Waals surface area contributed by atoms with E-state index in [1.165, 1.54) is 12.1 Å². The molecule has 7 nitrogen and oxygen atoms in total. The van der Waals surface area contributed by atoms with Crippen LogP contribution in [0.2, 0.25) is 0 Å². The van der Waals surface area contributed by atoms with Crippen molar-refractivity contribution in [1.82, 2.24) is 15.8 Å². The fourth-order valence-electron chi connectivity index (χ4n) is 2.81. The van der Waals surface area contributed by atoms with E-state index in [0.717, 1.165) is 17.0 Å². The molecule has 0 saturated carbocycles. The van der Waals surface area contributed by atoms with Crippen molar-refractivity contribution in [2.45, 2.75) is 40.5 Å². The molecule has 1 aliphatic heterocycles. The van der Waals surface area contributed by atoms with Gasteiger partial charge in [0.15, 0.2) is 12.8 Å². The van der Waals surface area contributed by atoms with Gasteiger partial charge in [-0.1, -0.05) is 5.16 Å². The molecule has 1 aromatic heterocycles. The molecule has 9 heteroatoms. The highest BCUT2D eigenvalue weighted by Crippen LogP contribution is 2.29. The van der Waals surface area contributed by atoms with E-state index in [9.17, 15) is 4.39 Å². The minimum atomic E-state index is -0.322. The number of benzene rings is 1. The van der Waals surface area contributed by atoms with Gasteiger partial charge in [-0.2, -0.15) is 0 Å². The van der Waals surface area contributed by atoms with Crippen molar-refractivity contribution in [2.75, 3.05) is 13.3 Å². The Balaban J connectivity index is 0.00000261. The zero-order valence-electron chi connectivity index (χ0n) is 15.6. The number of guanidine groups is 1. The lowest BCUT2D eigenvalue weighted by Gasteiger charge is -2.20. The summed E-state index contributed by atoms with van der Waals surface area (Å²) < 4.78 is 29.8. The smallest absolute Gasteiger partial charge is 0.191 e. The number of hydrogen-bond acceptors (Lipinski definition) is 5. The number of nitrogens with one attached hydrogen (secondary N) is 2. The maximum atomic E-state index is 13.8. The summed E-state index contributed by atoms with van der Waals surface area (Å²) in [6, 6.07) is 2.88. The first-order valence-electron chi connectivity index (χ1n) is 8.54. The third-order valence-electron chi connectivity index (χ3n) is 4.12. The van der Waals surface area contributed by atoms with E-state index in [4.69, 9.17) is 14.0 Å². The Kier molecular flexibility index (Phi) is 7.84. The maximum absolute atomic E-state index is 13.8. The molecule has 1 aliphatic rings. The van der Waals surface area contributed by atoms with Gasteiger partial charge in [-0.3, -0.25) is 0 Å². The van der Waals surface area contributed by atoms with Crippen LogP contribution in [-0.4, -0.2) is 24.5 Å². The third kappa shape index (κ3) is 5.32. The van der Waals surface area contributed by atoms with E-state index >= 15 is 0 Å². The van der Waals surface area contributed by atoms with Crippen molar-refractivity contribution in [3.8, 4) is 5.75 Å². The summed E-state index contributed by atoms with van der Waals surface area (Å²) in [6.45, 7) is 7.80. The second-order valence-corrected chi connectivity index (χ2v) is 6.02. The number of aryl methyl sites for hydroxylation is 2. The fraction of sp³-hybridized carbons (Fsp3) is 0.444. The van der Waals surface area contributed by atoms with Crippen molar-refractivity contribution < 1.29 is 18.4 Å². The van der Waals surface area contributed by atoms with Crippen LogP contribution in [0, 0.1) is 19.7 Å². The Labute approximate surface area is 174 Å². The molecule has 2 aromatic rings. The molecule has 1 aromatic carbocycles. The number of halogens is 2. The van der Waals surface area contributed by atoms with Crippen molar-refractivity contribution in [3.05, 3.63) is 46.1 Å². The van der Waals surface area contributed by atoms with Gasteiger partial charge in [0.1, 0.15) is 17.3 Å². The summed E-state index contributed by atoms with van der Waals surface area (Å²) in [5, 5.41) is 10.4. The first-order valence-corrected chi connectivity index (χ1v) is 8.54. The molecular weight excluding hydrogens is 466 g/mol. The number of nitrogens with zero attached hydrogens (tertiary/aromatic N) is 2. The monoisotopic (exact) mass is 490 g/mol. The Bertz CT molecular complexity index is 791. The van der Waals surface area contributed by atoms with Crippen LogP contribution in [0.3, 0.4) is 0 Å². The largest absolute Gasteiger partial charge is 0.467 e. The van der Waals surface area contributed by atoms with Gasteiger partial charge in [-0.25, -0.2) is 9.38 Å². The minimum absolute atomic E-state index is 0. The molecule has 0 aliphatic carbocycles. The van der Waals surface area contributed by atoms with E-state index in [1.807, 2.05) is 20.8 Å². The first kappa shape index (κ1) is 21.4. The maximum Gasteiger partial charge on any atom is 0.191 e. The highest BCUT2D eigenvalue weighted by molar-refractivity contribution is 14.0. The summed E-state index contributed by atoms with van der Waals surface area (Å²) >= 11 is 0. The molecule has 0 radical (unpaired) electrons. The summed E-state index contributed by atoms with van der Waals surface area (Å²) in [5.41, 5.74) is 3.24. The molecule has 0 spiro atoms.